The highest BCUT2D eigenvalue weighted by Crippen LogP contribution is 2.30. The van der Waals surface area contributed by atoms with Gasteiger partial charge in [0.25, 0.3) is 0 Å². The summed E-state index contributed by atoms with van der Waals surface area (Å²) < 4.78 is 32.0. The van der Waals surface area contributed by atoms with E-state index < -0.39 is 21.4 Å². The quantitative estimate of drug-likeness (QED) is 0.851. The second-order valence-corrected chi connectivity index (χ2v) is 7.10. The summed E-state index contributed by atoms with van der Waals surface area (Å²) in [5, 5.41) is 9.40. The maximum absolute atomic E-state index is 12.2. The number of rotatable bonds is 5. The van der Waals surface area contributed by atoms with E-state index in [9.17, 15) is 18.3 Å². The van der Waals surface area contributed by atoms with Gasteiger partial charge >= 0.3 is 5.97 Å². The third-order valence-electron chi connectivity index (χ3n) is 3.84. The molecule has 0 aliphatic carbocycles. The number of benzene rings is 1. The fraction of sp³-hybridized carbons (Fsp3) is 0.500. The first kappa shape index (κ1) is 15.9. The molecule has 1 aliphatic rings. The largest absolute Gasteiger partial charge is 0.481 e. The van der Waals surface area contributed by atoms with Crippen LogP contribution in [0.4, 0.5) is 0 Å². The Morgan fingerprint density at radius 2 is 1.86 bits per heavy atom. The van der Waals surface area contributed by atoms with Crippen LogP contribution in [0.25, 0.3) is 0 Å². The Hall–Kier alpha value is -1.44. The molecule has 1 heterocycles. The SMILES string of the molecule is Cc1ccc(S(=O)(=O)NCC2(C(=O)O)CCOCC2)cc1. The number of nitrogens with one attached hydrogen (secondary N) is 1. The summed E-state index contributed by atoms with van der Waals surface area (Å²) in [6, 6.07) is 6.43. The summed E-state index contributed by atoms with van der Waals surface area (Å²) in [6.07, 6.45) is 0.609. The topological polar surface area (TPSA) is 92.7 Å². The minimum atomic E-state index is -3.70. The van der Waals surface area contributed by atoms with Gasteiger partial charge in [-0.1, -0.05) is 17.7 Å². The number of carboxylic acid groups (broad SMARTS) is 1. The van der Waals surface area contributed by atoms with Gasteiger partial charge in [0.15, 0.2) is 0 Å². The molecule has 0 radical (unpaired) electrons. The van der Waals surface area contributed by atoms with Crippen LogP contribution in [0.2, 0.25) is 0 Å². The number of aliphatic carboxylic acids is 1. The predicted octanol–water partition coefficient (Wildman–Crippen LogP) is 1.15. The van der Waals surface area contributed by atoms with Crippen LogP contribution in [-0.2, 0) is 19.6 Å². The molecule has 1 aromatic carbocycles. The molecule has 2 N–H and O–H groups in total. The Bertz CT molecular complexity index is 603. The molecule has 1 saturated heterocycles. The van der Waals surface area contributed by atoms with Crippen LogP contribution < -0.4 is 4.72 Å². The summed E-state index contributed by atoms with van der Waals surface area (Å²) in [6.45, 7) is 2.41. The molecule has 0 aromatic heterocycles. The average molecular weight is 313 g/mol. The molecule has 0 amide bonds. The van der Waals surface area contributed by atoms with E-state index in [0.29, 0.717) is 26.1 Å². The van der Waals surface area contributed by atoms with Crippen LogP contribution in [0.1, 0.15) is 18.4 Å². The van der Waals surface area contributed by atoms with Crippen molar-refractivity contribution in [2.45, 2.75) is 24.7 Å². The van der Waals surface area contributed by atoms with Gasteiger partial charge in [-0.25, -0.2) is 13.1 Å². The molecule has 0 bridgehead atoms. The summed E-state index contributed by atoms with van der Waals surface area (Å²) >= 11 is 0. The van der Waals surface area contributed by atoms with Gasteiger partial charge in [-0.3, -0.25) is 4.79 Å². The lowest BCUT2D eigenvalue weighted by Crippen LogP contribution is -2.46. The van der Waals surface area contributed by atoms with Gasteiger partial charge in [0.2, 0.25) is 10.0 Å². The number of sulfonamides is 1. The van der Waals surface area contributed by atoms with Crippen molar-refractivity contribution in [2.75, 3.05) is 19.8 Å². The van der Waals surface area contributed by atoms with E-state index in [4.69, 9.17) is 4.74 Å². The lowest BCUT2D eigenvalue weighted by atomic mass is 9.80. The second kappa shape index (κ2) is 6.13. The Morgan fingerprint density at radius 1 is 1.29 bits per heavy atom. The molecule has 116 valence electrons. The van der Waals surface area contributed by atoms with Crippen LogP contribution >= 0.6 is 0 Å². The summed E-state index contributed by atoms with van der Waals surface area (Å²) in [5.74, 6) is -0.989. The number of carboxylic acids is 1. The first-order valence-electron chi connectivity index (χ1n) is 6.73. The Morgan fingerprint density at radius 3 is 2.38 bits per heavy atom. The monoisotopic (exact) mass is 313 g/mol. The fourth-order valence-corrected chi connectivity index (χ4v) is 3.39. The lowest BCUT2D eigenvalue weighted by molar-refractivity contribution is -0.154. The molecular weight excluding hydrogens is 294 g/mol. The highest BCUT2D eigenvalue weighted by Gasteiger charge is 2.41. The maximum Gasteiger partial charge on any atom is 0.311 e. The normalized spacial score (nSPS) is 18.3. The van der Waals surface area contributed by atoms with Gasteiger partial charge < -0.3 is 9.84 Å². The van der Waals surface area contributed by atoms with Crippen LogP contribution in [0.3, 0.4) is 0 Å². The number of carbonyl (C=O) groups is 1. The van der Waals surface area contributed by atoms with E-state index >= 15 is 0 Å². The number of hydrogen-bond donors (Lipinski definition) is 2. The smallest absolute Gasteiger partial charge is 0.311 e. The number of hydrogen-bond acceptors (Lipinski definition) is 4. The first-order valence-corrected chi connectivity index (χ1v) is 8.22. The van der Waals surface area contributed by atoms with Crippen molar-refractivity contribution >= 4 is 16.0 Å². The summed E-state index contributed by atoms with van der Waals surface area (Å²) in [4.78, 5) is 11.6. The van der Waals surface area contributed by atoms with Crippen LogP contribution in [-0.4, -0.2) is 39.3 Å². The van der Waals surface area contributed by atoms with Crippen molar-refractivity contribution in [3.63, 3.8) is 0 Å². The van der Waals surface area contributed by atoms with Gasteiger partial charge in [0.05, 0.1) is 10.3 Å². The molecule has 1 fully saturated rings. The Labute approximate surface area is 124 Å². The standard InChI is InChI=1S/C14H19NO5S/c1-11-2-4-12(5-3-11)21(18,19)15-10-14(13(16)17)6-8-20-9-7-14/h2-5,15H,6-10H2,1H3,(H,16,17). The van der Waals surface area contributed by atoms with Gasteiger partial charge in [-0.05, 0) is 31.9 Å². The second-order valence-electron chi connectivity index (χ2n) is 5.34. The van der Waals surface area contributed by atoms with Crippen molar-refractivity contribution in [2.24, 2.45) is 5.41 Å². The third-order valence-corrected chi connectivity index (χ3v) is 5.25. The van der Waals surface area contributed by atoms with Crippen LogP contribution in [0.15, 0.2) is 29.2 Å². The number of aryl methyl sites for hydroxylation is 1. The van der Waals surface area contributed by atoms with Crippen molar-refractivity contribution in [3.05, 3.63) is 29.8 Å². The fourth-order valence-electron chi connectivity index (χ4n) is 2.26. The van der Waals surface area contributed by atoms with Gasteiger partial charge in [0, 0.05) is 19.8 Å². The minimum Gasteiger partial charge on any atom is -0.481 e. The van der Waals surface area contributed by atoms with E-state index in [1.165, 1.54) is 12.1 Å². The molecule has 1 aliphatic heterocycles. The zero-order chi connectivity index (χ0) is 15.5. The highest BCUT2D eigenvalue weighted by molar-refractivity contribution is 7.89. The van der Waals surface area contributed by atoms with Gasteiger partial charge in [-0.15, -0.1) is 0 Å². The zero-order valence-electron chi connectivity index (χ0n) is 11.8. The zero-order valence-corrected chi connectivity index (χ0v) is 12.6. The van der Waals surface area contributed by atoms with Crippen molar-refractivity contribution in [3.8, 4) is 0 Å². The molecule has 0 saturated carbocycles. The van der Waals surface area contributed by atoms with Crippen LogP contribution in [0.5, 0.6) is 0 Å². The van der Waals surface area contributed by atoms with Gasteiger partial charge in [-0.2, -0.15) is 0 Å². The summed E-state index contributed by atoms with van der Waals surface area (Å²) in [7, 11) is -3.70. The molecule has 2 rings (SSSR count). The third kappa shape index (κ3) is 3.61. The van der Waals surface area contributed by atoms with E-state index in [2.05, 4.69) is 4.72 Å². The van der Waals surface area contributed by atoms with E-state index in [1.807, 2.05) is 6.92 Å². The molecule has 0 unspecified atom stereocenters. The van der Waals surface area contributed by atoms with Crippen molar-refractivity contribution < 1.29 is 23.1 Å². The van der Waals surface area contributed by atoms with E-state index in [1.54, 1.807) is 12.1 Å². The highest BCUT2D eigenvalue weighted by atomic mass is 32.2. The van der Waals surface area contributed by atoms with Crippen LogP contribution in [0, 0.1) is 12.3 Å². The lowest BCUT2D eigenvalue weighted by Gasteiger charge is -2.33. The van der Waals surface area contributed by atoms with E-state index in [-0.39, 0.29) is 11.4 Å². The maximum atomic E-state index is 12.2. The average Bonchev–Trinajstić information content (AvgIpc) is 2.46. The molecule has 7 heteroatoms. The Balaban J connectivity index is 2.13. The molecular formula is C14H19NO5S. The Kier molecular flexibility index (Phi) is 4.65. The van der Waals surface area contributed by atoms with Crippen molar-refractivity contribution in [1.82, 2.24) is 4.72 Å². The summed E-state index contributed by atoms with van der Waals surface area (Å²) in [5.41, 5.74) is -0.129. The molecule has 1 aromatic rings. The molecule has 0 atom stereocenters. The molecule has 0 spiro atoms. The van der Waals surface area contributed by atoms with Gasteiger partial charge in [0.1, 0.15) is 0 Å². The van der Waals surface area contributed by atoms with Crippen molar-refractivity contribution in [1.29, 1.82) is 0 Å². The van der Waals surface area contributed by atoms with E-state index in [0.717, 1.165) is 5.56 Å². The first-order chi connectivity index (χ1) is 9.86. The number of ether oxygens (including phenoxy) is 1. The molecule has 21 heavy (non-hydrogen) atoms. The minimum absolute atomic E-state index is 0.123. The molecule has 6 nitrogen and oxygen atoms in total. The predicted molar refractivity (Wildman–Crippen MR) is 76.5 cm³/mol.